The predicted octanol–water partition coefficient (Wildman–Crippen LogP) is 3.66. The van der Waals surface area contributed by atoms with Crippen LogP contribution in [0, 0.1) is 13.8 Å². The lowest BCUT2D eigenvalue weighted by Crippen LogP contribution is -2.16. The highest BCUT2D eigenvalue weighted by Gasteiger charge is 2.12. The Morgan fingerprint density at radius 1 is 1.10 bits per heavy atom. The Morgan fingerprint density at radius 2 is 1.90 bits per heavy atom. The van der Waals surface area contributed by atoms with Crippen molar-refractivity contribution in [3.05, 3.63) is 93.6 Å². The fourth-order valence-corrected chi connectivity index (χ4v) is 3.14. The van der Waals surface area contributed by atoms with Gasteiger partial charge in [0.05, 0.1) is 17.8 Å². The number of ether oxygens (including phenoxy) is 1. The number of hydrogen-bond donors (Lipinski definition) is 1. The number of hydrogen-bond acceptors (Lipinski definition) is 5. The molecule has 0 atom stereocenters. The number of anilines is 1. The largest absolute Gasteiger partial charge is 0.485 e. The van der Waals surface area contributed by atoms with Gasteiger partial charge in [0, 0.05) is 12.1 Å². The van der Waals surface area contributed by atoms with Crippen LogP contribution in [-0.2, 0) is 17.8 Å². The lowest BCUT2D eigenvalue weighted by Gasteiger charge is -2.13. The van der Waals surface area contributed by atoms with Gasteiger partial charge in [0.15, 0.2) is 5.65 Å². The minimum Gasteiger partial charge on any atom is -0.485 e. The molecule has 1 N–H and O–H groups in total. The van der Waals surface area contributed by atoms with E-state index in [1.165, 1.54) is 6.07 Å². The van der Waals surface area contributed by atoms with Crippen LogP contribution in [0.25, 0.3) is 5.65 Å². The van der Waals surface area contributed by atoms with Crippen molar-refractivity contribution in [2.24, 2.45) is 0 Å². The molecule has 152 valence electrons. The molecule has 2 aromatic carbocycles. The molecule has 0 saturated heterocycles. The molecular formula is C23H21N3O4. The van der Waals surface area contributed by atoms with Crippen molar-refractivity contribution in [3.63, 3.8) is 0 Å². The van der Waals surface area contributed by atoms with Crippen LogP contribution >= 0.6 is 0 Å². The van der Waals surface area contributed by atoms with Gasteiger partial charge in [-0.3, -0.25) is 9.59 Å². The first-order valence-corrected chi connectivity index (χ1v) is 9.55. The first-order chi connectivity index (χ1) is 14.5. The first-order valence-electron chi connectivity index (χ1n) is 9.55. The number of carbonyl (C=O) groups excluding carboxylic acids is 1. The summed E-state index contributed by atoms with van der Waals surface area (Å²) >= 11 is 0. The molecule has 0 aliphatic heterocycles. The number of amides is 1. The Labute approximate surface area is 172 Å². The number of nitrogens with zero attached hydrogens (tertiary/aromatic N) is 2. The van der Waals surface area contributed by atoms with E-state index in [1.54, 1.807) is 19.1 Å². The third-order valence-corrected chi connectivity index (χ3v) is 4.52. The smallest absolute Gasteiger partial charge is 0.287 e. The number of aromatic nitrogens is 2. The molecule has 0 saturated carbocycles. The summed E-state index contributed by atoms with van der Waals surface area (Å²) in [6.45, 7) is 3.77. The van der Waals surface area contributed by atoms with Crippen LogP contribution < -0.4 is 15.6 Å². The van der Waals surface area contributed by atoms with Gasteiger partial charge in [-0.25, -0.2) is 4.98 Å². The molecule has 4 rings (SSSR count). The Kier molecular flexibility index (Phi) is 5.34. The molecule has 0 radical (unpaired) electrons. The highest BCUT2D eigenvalue weighted by atomic mass is 16.5. The van der Waals surface area contributed by atoms with E-state index in [0.717, 1.165) is 15.7 Å². The van der Waals surface area contributed by atoms with E-state index in [4.69, 9.17) is 9.26 Å². The number of aryl methyl sites for hydroxylation is 2. The van der Waals surface area contributed by atoms with E-state index in [-0.39, 0.29) is 24.5 Å². The molecule has 0 bridgehead atoms. The monoisotopic (exact) mass is 403 g/mol. The van der Waals surface area contributed by atoms with Gasteiger partial charge in [0.25, 0.3) is 5.56 Å². The molecule has 7 heteroatoms. The molecule has 30 heavy (non-hydrogen) atoms. The van der Waals surface area contributed by atoms with Crippen molar-refractivity contribution >= 4 is 17.2 Å². The number of benzene rings is 2. The maximum Gasteiger partial charge on any atom is 0.287 e. The van der Waals surface area contributed by atoms with Gasteiger partial charge in [-0.15, -0.1) is 4.57 Å². The van der Waals surface area contributed by atoms with Crippen LogP contribution in [-0.4, -0.2) is 15.5 Å². The minimum atomic E-state index is -0.313. The molecular weight excluding hydrogens is 382 g/mol. The maximum absolute atomic E-state index is 12.5. The molecule has 1 amide bonds. The third kappa shape index (κ3) is 4.41. The van der Waals surface area contributed by atoms with Crippen LogP contribution in [0.3, 0.4) is 0 Å². The average Bonchev–Trinajstić information content (AvgIpc) is 3.09. The van der Waals surface area contributed by atoms with E-state index < -0.39 is 0 Å². The van der Waals surface area contributed by atoms with Gasteiger partial charge in [0.2, 0.25) is 5.91 Å². The van der Waals surface area contributed by atoms with E-state index in [0.29, 0.717) is 28.5 Å². The SMILES string of the molecule is Cc1ccc(OCc2cc(=O)n3oc(C)cc3n2)c(NC(=O)Cc2ccccc2)c1. The zero-order valence-corrected chi connectivity index (χ0v) is 16.7. The standard InChI is InChI=1S/C23H21N3O4/c1-15-8-9-20(19(10-15)25-22(27)12-17-6-4-3-5-7-17)29-14-18-13-23(28)26-21(24-18)11-16(2)30-26/h3-11,13H,12,14H2,1-2H3,(H,25,27). The van der Waals surface area contributed by atoms with Crippen molar-refractivity contribution in [1.82, 2.24) is 9.56 Å². The molecule has 0 fully saturated rings. The molecule has 0 aliphatic rings. The summed E-state index contributed by atoms with van der Waals surface area (Å²) in [5.41, 5.74) is 3.09. The summed E-state index contributed by atoms with van der Waals surface area (Å²) in [6.07, 6.45) is 0.267. The quantitative estimate of drug-likeness (QED) is 0.531. The van der Waals surface area contributed by atoms with Gasteiger partial charge >= 0.3 is 0 Å². The number of fused-ring (bicyclic) bond motifs is 1. The van der Waals surface area contributed by atoms with E-state index >= 15 is 0 Å². The third-order valence-electron chi connectivity index (χ3n) is 4.52. The summed E-state index contributed by atoms with van der Waals surface area (Å²) < 4.78 is 12.3. The van der Waals surface area contributed by atoms with Gasteiger partial charge < -0.3 is 14.6 Å². The lowest BCUT2D eigenvalue weighted by molar-refractivity contribution is -0.115. The number of nitrogens with one attached hydrogen (secondary N) is 1. The molecule has 2 aromatic heterocycles. The predicted molar refractivity (Wildman–Crippen MR) is 113 cm³/mol. The zero-order chi connectivity index (χ0) is 21.1. The number of rotatable bonds is 6. The van der Waals surface area contributed by atoms with Crippen molar-refractivity contribution in [2.75, 3.05) is 5.32 Å². The average molecular weight is 403 g/mol. The normalized spacial score (nSPS) is 10.9. The minimum absolute atomic E-state index is 0.0839. The molecule has 0 unspecified atom stereocenters. The summed E-state index contributed by atoms with van der Waals surface area (Å²) in [7, 11) is 0. The van der Waals surface area contributed by atoms with Crippen molar-refractivity contribution in [2.45, 2.75) is 26.9 Å². The summed E-state index contributed by atoms with van der Waals surface area (Å²) in [5, 5.41) is 2.92. The van der Waals surface area contributed by atoms with Crippen LogP contribution in [0.5, 0.6) is 5.75 Å². The van der Waals surface area contributed by atoms with Crippen LogP contribution in [0.4, 0.5) is 5.69 Å². The molecule has 0 aliphatic carbocycles. The van der Waals surface area contributed by atoms with Gasteiger partial charge in [-0.2, -0.15) is 0 Å². The Bertz CT molecular complexity index is 1260. The summed E-state index contributed by atoms with van der Waals surface area (Å²) in [5.74, 6) is 0.968. The fraction of sp³-hybridized carbons (Fsp3) is 0.174. The van der Waals surface area contributed by atoms with Gasteiger partial charge in [0.1, 0.15) is 18.1 Å². The van der Waals surface area contributed by atoms with Crippen LogP contribution in [0.15, 0.2) is 70.0 Å². The van der Waals surface area contributed by atoms with Crippen LogP contribution in [0.1, 0.15) is 22.6 Å². The molecule has 2 heterocycles. The molecule has 0 spiro atoms. The first kappa shape index (κ1) is 19.4. The topological polar surface area (TPSA) is 85.8 Å². The van der Waals surface area contributed by atoms with Crippen molar-refractivity contribution in [3.8, 4) is 5.75 Å². The van der Waals surface area contributed by atoms with Crippen molar-refractivity contribution in [1.29, 1.82) is 0 Å². The van der Waals surface area contributed by atoms with Crippen LogP contribution in [0.2, 0.25) is 0 Å². The van der Waals surface area contributed by atoms with E-state index in [9.17, 15) is 9.59 Å². The van der Waals surface area contributed by atoms with E-state index in [2.05, 4.69) is 10.3 Å². The second kappa shape index (κ2) is 8.24. The molecule has 4 aromatic rings. The highest BCUT2D eigenvalue weighted by molar-refractivity contribution is 5.93. The highest BCUT2D eigenvalue weighted by Crippen LogP contribution is 2.26. The van der Waals surface area contributed by atoms with Crippen molar-refractivity contribution < 1.29 is 14.1 Å². The van der Waals surface area contributed by atoms with E-state index in [1.807, 2.05) is 49.4 Å². The molecule has 7 nitrogen and oxygen atoms in total. The fourth-order valence-electron chi connectivity index (χ4n) is 3.14. The Hall–Kier alpha value is -3.87. The maximum atomic E-state index is 12.5. The van der Waals surface area contributed by atoms with Gasteiger partial charge in [-0.1, -0.05) is 36.4 Å². The second-order valence-corrected chi connectivity index (χ2v) is 7.08. The Morgan fingerprint density at radius 3 is 2.70 bits per heavy atom. The Balaban J connectivity index is 1.50. The second-order valence-electron chi connectivity index (χ2n) is 7.08. The number of carbonyl (C=O) groups is 1. The van der Waals surface area contributed by atoms with Gasteiger partial charge in [-0.05, 0) is 37.1 Å². The lowest BCUT2D eigenvalue weighted by atomic mass is 10.1. The summed E-state index contributed by atoms with van der Waals surface area (Å²) in [6, 6.07) is 18.1. The zero-order valence-electron chi connectivity index (χ0n) is 16.7. The summed E-state index contributed by atoms with van der Waals surface area (Å²) in [4.78, 5) is 29.0.